The predicted octanol–water partition coefficient (Wildman–Crippen LogP) is 1.47. The molecule has 1 atom stereocenters. The standard InChI is InChI=1S/C16H16N4O3/c1-11(13-6-4-3-5-7-13)20-15(22)14(21)19(16(20)23)10-12-8-17-18(2)9-12/h3-9,11H,10H2,1-2H3. The lowest BCUT2D eigenvalue weighted by Crippen LogP contribution is -2.35. The van der Waals surface area contributed by atoms with Crippen molar-refractivity contribution >= 4 is 17.8 Å². The Labute approximate surface area is 133 Å². The van der Waals surface area contributed by atoms with E-state index in [1.165, 1.54) is 0 Å². The molecule has 0 N–H and O–H groups in total. The number of nitrogens with zero attached hydrogens (tertiary/aromatic N) is 4. The van der Waals surface area contributed by atoms with E-state index in [0.29, 0.717) is 5.56 Å². The normalized spacial score (nSPS) is 16.3. The van der Waals surface area contributed by atoms with Crippen LogP contribution in [-0.4, -0.2) is 37.4 Å². The summed E-state index contributed by atoms with van der Waals surface area (Å²) in [6, 6.07) is 8.04. The van der Waals surface area contributed by atoms with Gasteiger partial charge in [-0.2, -0.15) is 5.10 Å². The topological polar surface area (TPSA) is 75.5 Å². The van der Waals surface area contributed by atoms with Crippen molar-refractivity contribution in [3.8, 4) is 0 Å². The third kappa shape index (κ3) is 2.61. The molecule has 7 nitrogen and oxygen atoms in total. The zero-order chi connectivity index (χ0) is 16.6. The summed E-state index contributed by atoms with van der Waals surface area (Å²) < 4.78 is 1.58. The number of hydrogen-bond donors (Lipinski definition) is 0. The van der Waals surface area contributed by atoms with E-state index in [4.69, 9.17) is 0 Å². The molecular weight excluding hydrogens is 296 g/mol. The highest BCUT2D eigenvalue weighted by atomic mass is 16.2. The summed E-state index contributed by atoms with van der Waals surface area (Å²) >= 11 is 0. The highest BCUT2D eigenvalue weighted by Gasteiger charge is 2.46. The first-order valence-electron chi connectivity index (χ1n) is 7.20. The summed E-state index contributed by atoms with van der Waals surface area (Å²) in [5.74, 6) is -1.60. The van der Waals surface area contributed by atoms with Crippen molar-refractivity contribution in [2.45, 2.75) is 19.5 Å². The number of benzene rings is 1. The quantitative estimate of drug-likeness (QED) is 0.633. The van der Waals surface area contributed by atoms with Crippen molar-refractivity contribution in [1.82, 2.24) is 19.6 Å². The van der Waals surface area contributed by atoms with Crippen molar-refractivity contribution in [2.24, 2.45) is 7.05 Å². The molecule has 0 bridgehead atoms. The van der Waals surface area contributed by atoms with E-state index in [-0.39, 0.29) is 6.54 Å². The average Bonchev–Trinajstić information content (AvgIpc) is 3.05. The SMILES string of the molecule is CC(c1ccccc1)N1C(=O)C(=O)N(Cc2cnn(C)c2)C1=O. The Morgan fingerprint density at radius 2 is 1.78 bits per heavy atom. The molecule has 3 rings (SSSR count). The van der Waals surface area contributed by atoms with Crippen molar-refractivity contribution < 1.29 is 14.4 Å². The highest BCUT2D eigenvalue weighted by Crippen LogP contribution is 2.26. The molecule has 1 aromatic carbocycles. The third-order valence-corrected chi connectivity index (χ3v) is 3.85. The fourth-order valence-corrected chi connectivity index (χ4v) is 2.62. The van der Waals surface area contributed by atoms with Gasteiger partial charge in [0, 0.05) is 18.8 Å². The maximum atomic E-state index is 12.5. The maximum absolute atomic E-state index is 12.5. The second kappa shape index (κ2) is 5.68. The molecule has 1 saturated heterocycles. The van der Waals surface area contributed by atoms with E-state index in [2.05, 4.69) is 5.10 Å². The first kappa shape index (κ1) is 15.0. The Morgan fingerprint density at radius 1 is 1.09 bits per heavy atom. The maximum Gasteiger partial charge on any atom is 0.335 e. The minimum atomic E-state index is -0.804. The number of carbonyl (C=O) groups excluding carboxylic acids is 3. The first-order valence-corrected chi connectivity index (χ1v) is 7.20. The van der Waals surface area contributed by atoms with E-state index < -0.39 is 23.9 Å². The molecular formula is C16H16N4O3. The van der Waals surface area contributed by atoms with E-state index >= 15 is 0 Å². The molecule has 0 saturated carbocycles. The van der Waals surface area contributed by atoms with E-state index in [9.17, 15) is 14.4 Å². The van der Waals surface area contributed by atoms with Gasteiger partial charge in [0.25, 0.3) is 0 Å². The molecule has 0 aliphatic carbocycles. The number of hydrogen-bond acceptors (Lipinski definition) is 4. The molecule has 4 amide bonds. The molecule has 1 aromatic heterocycles. The largest absolute Gasteiger partial charge is 0.335 e. The summed E-state index contributed by atoms with van der Waals surface area (Å²) in [6.45, 7) is 1.77. The van der Waals surface area contributed by atoms with Gasteiger partial charge in [-0.3, -0.25) is 19.2 Å². The van der Waals surface area contributed by atoms with Gasteiger partial charge in [0.2, 0.25) is 0 Å². The Balaban J connectivity index is 1.85. The zero-order valence-electron chi connectivity index (χ0n) is 12.8. The van der Waals surface area contributed by atoms with Crippen LogP contribution in [0.25, 0.3) is 0 Å². The molecule has 0 radical (unpaired) electrons. The van der Waals surface area contributed by atoms with Crippen molar-refractivity contribution in [1.29, 1.82) is 0 Å². The van der Waals surface area contributed by atoms with Crippen molar-refractivity contribution in [3.63, 3.8) is 0 Å². The number of carbonyl (C=O) groups is 3. The lowest BCUT2D eigenvalue weighted by Gasteiger charge is -2.22. The minimum Gasteiger partial charge on any atom is -0.275 e. The van der Waals surface area contributed by atoms with E-state index in [0.717, 1.165) is 15.4 Å². The number of amides is 4. The zero-order valence-corrected chi connectivity index (χ0v) is 12.8. The number of rotatable bonds is 4. The summed E-state index contributed by atoms with van der Waals surface area (Å²) in [4.78, 5) is 38.9. The fourth-order valence-electron chi connectivity index (χ4n) is 2.62. The smallest absolute Gasteiger partial charge is 0.275 e. The number of aryl methyl sites for hydroxylation is 1. The van der Waals surface area contributed by atoms with Crippen LogP contribution in [-0.2, 0) is 23.2 Å². The number of imide groups is 2. The van der Waals surface area contributed by atoms with E-state index in [1.54, 1.807) is 31.0 Å². The third-order valence-electron chi connectivity index (χ3n) is 3.85. The second-order valence-corrected chi connectivity index (χ2v) is 5.46. The summed E-state index contributed by atoms with van der Waals surface area (Å²) in [7, 11) is 1.74. The molecule has 7 heteroatoms. The Bertz CT molecular complexity index is 769. The van der Waals surface area contributed by atoms with Gasteiger partial charge in [-0.05, 0) is 12.5 Å². The van der Waals surface area contributed by atoms with Crippen LogP contribution >= 0.6 is 0 Å². The molecule has 1 aliphatic heterocycles. The van der Waals surface area contributed by atoms with Gasteiger partial charge in [-0.25, -0.2) is 9.69 Å². The Kier molecular flexibility index (Phi) is 3.69. The number of urea groups is 1. The van der Waals surface area contributed by atoms with Gasteiger partial charge in [0.05, 0.1) is 18.8 Å². The van der Waals surface area contributed by atoms with Crippen molar-refractivity contribution in [2.75, 3.05) is 0 Å². The van der Waals surface area contributed by atoms with Crippen LogP contribution < -0.4 is 0 Å². The van der Waals surface area contributed by atoms with Gasteiger partial charge >= 0.3 is 17.8 Å². The molecule has 118 valence electrons. The summed E-state index contributed by atoms with van der Waals surface area (Å²) in [5, 5.41) is 4.00. The van der Waals surface area contributed by atoms with Gasteiger partial charge in [-0.15, -0.1) is 0 Å². The van der Waals surface area contributed by atoms with Gasteiger partial charge in [0.1, 0.15) is 0 Å². The van der Waals surface area contributed by atoms with Gasteiger partial charge in [0.15, 0.2) is 0 Å². The monoisotopic (exact) mass is 312 g/mol. The van der Waals surface area contributed by atoms with Crippen LogP contribution in [0.5, 0.6) is 0 Å². The highest BCUT2D eigenvalue weighted by molar-refractivity contribution is 6.44. The average molecular weight is 312 g/mol. The fraction of sp³-hybridized carbons (Fsp3) is 0.250. The molecule has 23 heavy (non-hydrogen) atoms. The molecule has 1 unspecified atom stereocenters. The van der Waals surface area contributed by atoms with Gasteiger partial charge in [-0.1, -0.05) is 30.3 Å². The Hall–Kier alpha value is -2.96. The molecule has 0 spiro atoms. The Morgan fingerprint density at radius 3 is 2.39 bits per heavy atom. The minimum absolute atomic E-state index is 0.0370. The predicted molar refractivity (Wildman–Crippen MR) is 80.9 cm³/mol. The molecule has 1 aliphatic rings. The molecule has 2 heterocycles. The van der Waals surface area contributed by atoms with Crippen LogP contribution in [0.1, 0.15) is 24.1 Å². The van der Waals surface area contributed by atoms with Crippen LogP contribution in [0, 0.1) is 0 Å². The van der Waals surface area contributed by atoms with Crippen LogP contribution in [0.4, 0.5) is 4.79 Å². The number of aromatic nitrogens is 2. The molecule has 1 fully saturated rings. The first-order chi connectivity index (χ1) is 11.0. The summed E-state index contributed by atoms with van der Waals surface area (Å²) in [6.07, 6.45) is 3.27. The van der Waals surface area contributed by atoms with Crippen molar-refractivity contribution in [3.05, 3.63) is 53.9 Å². The van der Waals surface area contributed by atoms with Crippen LogP contribution in [0.2, 0.25) is 0 Å². The second-order valence-electron chi connectivity index (χ2n) is 5.46. The molecule has 2 aromatic rings. The van der Waals surface area contributed by atoms with Crippen LogP contribution in [0.3, 0.4) is 0 Å². The lowest BCUT2D eigenvalue weighted by atomic mass is 10.1. The lowest BCUT2D eigenvalue weighted by molar-refractivity contribution is -0.144. The van der Waals surface area contributed by atoms with Crippen LogP contribution in [0.15, 0.2) is 42.7 Å². The summed E-state index contributed by atoms with van der Waals surface area (Å²) in [5.41, 5.74) is 1.49. The van der Waals surface area contributed by atoms with Gasteiger partial charge < -0.3 is 0 Å². The van der Waals surface area contributed by atoms with E-state index in [1.807, 2.05) is 30.3 Å².